The first kappa shape index (κ1) is 10.7. The van der Waals surface area contributed by atoms with Gasteiger partial charge in [0.1, 0.15) is 12.5 Å². The van der Waals surface area contributed by atoms with Gasteiger partial charge in [0.15, 0.2) is 0 Å². The summed E-state index contributed by atoms with van der Waals surface area (Å²) in [5.74, 6) is 0. The summed E-state index contributed by atoms with van der Waals surface area (Å²) in [7, 11) is 3.36. The summed E-state index contributed by atoms with van der Waals surface area (Å²) < 4.78 is 9.28. The van der Waals surface area contributed by atoms with Gasteiger partial charge in [-0.1, -0.05) is 0 Å². The molecule has 4 nitrogen and oxygen atoms in total. The van der Waals surface area contributed by atoms with Crippen LogP contribution in [-0.4, -0.2) is 27.0 Å². The monoisotopic (exact) mass is 170 g/mol. The number of nitrogens with one attached hydrogen (secondary N) is 1. The van der Waals surface area contributed by atoms with Crippen molar-refractivity contribution in [3.8, 4) is 0 Å². The molecule has 12 heavy (non-hydrogen) atoms. The van der Waals surface area contributed by atoms with Crippen LogP contribution < -0.4 is 5.32 Å². The second-order valence-electron chi connectivity index (χ2n) is 1.80. The Morgan fingerprint density at radius 2 is 2.17 bits per heavy atom. The maximum absolute atomic E-state index is 4.65. The summed E-state index contributed by atoms with van der Waals surface area (Å²) in [4.78, 5) is 3.68. The van der Waals surface area contributed by atoms with E-state index in [1.165, 1.54) is 0 Å². The third-order valence-electron chi connectivity index (χ3n) is 0.909. The highest BCUT2D eigenvalue weighted by molar-refractivity contribution is 5.57. The van der Waals surface area contributed by atoms with E-state index < -0.39 is 0 Å². The first-order valence-electron chi connectivity index (χ1n) is 3.53. The molecule has 1 N–H and O–H groups in total. The Morgan fingerprint density at radius 3 is 2.33 bits per heavy atom. The predicted octanol–water partition coefficient (Wildman–Crippen LogP) is 0.882. The van der Waals surface area contributed by atoms with Gasteiger partial charge in [-0.2, -0.15) is 0 Å². The highest BCUT2D eigenvalue weighted by Gasteiger charge is 1.72. The molecular formula is C8H14N2O2. The van der Waals surface area contributed by atoms with Crippen molar-refractivity contribution in [3.05, 3.63) is 24.9 Å². The molecule has 0 aromatic heterocycles. The van der Waals surface area contributed by atoms with Crippen LogP contribution >= 0.6 is 0 Å². The van der Waals surface area contributed by atoms with Crippen LogP contribution in [-0.2, 0) is 9.47 Å². The van der Waals surface area contributed by atoms with Gasteiger partial charge in [0.25, 0.3) is 0 Å². The van der Waals surface area contributed by atoms with E-state index >= 15 is 0 Å². The Balaban J connectivity index is 0.000000202. The van der Waals surface area contributed by atoms with Gasteiger partial charge in [-0.25, -0.2) is 0 Å². The predicted molar refractivity (Wildman–Crippen MR) is 48.8 cm³/mol. The van der Waals surface area contributed by atoms with Crippen LogP contribution in [0.3, 0.4) is 0 Å². The van der Waals surface area contributed by atoms with Crippen LogP contribution in [0.25, 0.3) is 0 Å². The van der Waals surface area contributed by atoms with Crippen LogP contribution in [0, 0.1) is 0 Å². The molecule has 0 atom stereocenters. The van der Waals surface area contributed by atoms with E-state index in [4.69, 9.17) is 0 Å². The average Bonchev–Trinajstić information content (AvgIpc) is 2.18. The van der Waals surface area contributed by atoms with Crippen LogP contribution in [0.4, 0.5) is 0 Å². The van der Waals surface area contributed by atoms with Gasteiger partial charge in [-0.3, -0.25) is 4.99 Å². The number of hydrogen-bond donors (Lipinski definition) is 1. The third kappa shape index (κ3) is 8.71. The molecule has 0 bridgehead atoms. The van der Waals surface area contributed by atoms with Gasteiger partial charge in [0.2, 0.25) is 0 Å². The third-order valence-corrected chi connectivity index (χ3v) is 0.909. The summed E-state index contributed by atoms with van der Waals surface area (Å²) in [6.45, 7) is 0.622. The average molecular weight is 170 g/mol. The zero-order valence-corrected chi connectivity index (χ0v) is 7.36. The summed E-state index contributed by atoms with van der Waals surface area (Å²) in [6.07, 6.45) is 8.26. The maximum atomic E-state index is 4.65. The number of ether oxygens (including phenoxy) is 2. The van der Waals surface area contributed by atoms with Crippen molar-refractivity contribution in [2.24, 2.45) is 4.99 Å². The normalized spacial score (nSPS) is 13.2. The number of nitrogens with zero attached hydrogens (tertiary/aromatic N) is 1. The van der Waals surface area contributed by atoms with Crippen LogP contribution in [0.2, 0.25) is 0 Å². The molecular weight excluding hydrogens is 156 g/mol. The number of aliphatic imine (C=N–C) groups is 1. The lowest BCUT2D eigenvalue weighted by Crippen LogP contribution is -1.94. The van der Waals surface area contributed by atoms with Crippen molar-refractivity contribution < 1.29 is 9.47 Å². The highest BCUT2D eigenvalue weighted by atomic mass is 16.5. The van der Waals surface area contributed by atoms with E-state index in [0.717, 1.165) is 0 Å². The topological polar surface area (TPSA) is 42.8 Å². The fraction of sp³-hybridized carbons (Fsp3) is 0.375. The Kier molecular flexibility index (Phi) is 8.67. The SMILES string of the molecule is C1=COC=CN1.CN=CCOC. The van der Waals surface area contributed by atoms with Crippen molar-refractivity contribution in [1.82, 2.24) is 5.32 Å². The number of methoxy groups -OCH3 is 1. The van der Waals surface area contributed by atoms with Gasteiger partial charge >= 0.3 is 0 Å². The number of rotatable bonds is 2. The molecule has 1 aliphatic rings. The second kappa shape index (κ2) is 9.71. The van der Waals surface area contributed by atoms with E-state index in [-0.39, 0.29) is 0 Å². The molecule has 4 heteroatoms. The molecule has 68 valence electrons. The molecule has 1 aliphatic heterocycles. The highest BCUT2D eigenvalue weighted by Crippen LogP contribution is 1.81. The molecule has 0 aliphatic carbocycles. The van der Waals surface area contributed by atoms with Gasteiger partial charge in [0, 0.05) is 32.8 Å². The van der Waals surface area contributed by atoms with Gasteiger partial charge in [-0.05, 0) is 0 Å². The first-order valence-corrected chi connectivity index (χ1v) is 3.53. The van der Waals surface area contributed by atoms with Crippen LogP contribution in [0.15, 0.2) is 29.9 Å². The zero-order valence-electron chi connectivity index (χ0n) is 7.36. The van der Waals surface area contributed by atoms with Gasteiger partial charge in [-0.15, -0.1) is 0 Å². The molecule has 0 amide bonds. The van der Waals surface area contributed by atoms with Crippen molar-refractivity contribution in [2.75, 3.05) is 20.8 Å². The van der Waals surface area contributed by atoms with Crippen molar-refractivity contribution in [1.29, 1.82) is 0 Å². The standard InChI is InChI=1S/C4H5NO.C4H9NO/c1-3-6-4-2-5-1;1-5-3-4-6-2/h1-5H;3H,4H2,1-2H3. The van der Waals surface area contributed by atoms with E-state index in [1.54, 1.807) is 45.3 Å². The Bertz CT molecular complexity index is 144. The summed E-state index contributed by atoms with van der Waals surface area (Å²) in [5.41, 5.74) is 0. The van der Waals surface area contributed by atoms with Crippen molar-refractivity contribution >= 4 is 6.21 Å². The molecule has 0 fully saturated rings. The Morgan fingerprint density at radius 1 is 1.50 bits per heavy atom. The number of hydrogen-bond acceptors (Lipinski definition) is 4. The Labute approximate surface area is 72.6 Å². The lowest BCUT2D eigenvalue weighted by Gasteiger charge is -1.94. The molecule has 0 saturated carbocycles. The molecule has 0 spiro atoms. The molecule has 0 unspecified atom stereocenters. The smallest absolute Gasteiger partial charge is 0.106 e. The molecule has 0 aromatic carbocycles. The second-order valence-corrected chi connectivity index (χ2v) is 1.80. The van der Waals surface area contributed by atoms with Gasteiger partial charge in [0.05, 0.1) is 6.61 Å². The zero-order chi connectivity index (χ0) is 9.07. The molecule has 0 radical (unpaired) electrons. The van der Waals surface area contributed by atoms with Crippen molar-refractivity contribution in [2.45, 2.75) is 0 Å². The minimum atomic E-state index is 0.622. The molecule has 0 aromatic rings. The fourth-order valence-electron chi connectivity index (χ4n) is 0.407. The van der Waals surface area contributed by atoms with Gasteiger partial charge < -0.3 is 14.8 Å². The van der Waals surface area contributed by atoms with Crippen LogP contribution in [0.1, 0.15) is 0 Å². The summed E-state index contributed by atoms with van der Waals surface area (Å²) in [6, 6.07) is 0. The largest absolute Gasteiger partial charge is 0.470 e. The minimum absolute atomic E-state index is 0.622. The molecule has 0 saturated heterocycles. The van der Waals surface area contributed by atoms with E-state index in [0.29, 0.717) is 6.61 Å². The van der Waals surface area contributed by atoms with E-state index in [1.807, 2.05) is 0 Å². The summed E-state index contributed by atoms with van der Waals surface area (Å²) >= 11 is 0. The first-order chi connectivity index (χ1) is 5.91. The lowest BCUT2D eigenvalue weighted by atomic mass is 10.8. The summed E-state index contributed by atoms with van der Waals surface area (Å²) in [5, 5.41) is 2.80. The fourth-order valence-corrected chi connectivity index (χ4v) is 0.407. The maximum Gasteiger partial charge on any atom is 0.106 e. The van der Waals surface area contributed by atoms with E-state index in [2.05, 4.69) is 19.8 Å². The molecule has 1 heterocycles. The van der Waals surface area contributed by atoms with Crippen molar-refractivity contribution in [3.63, 3.8) is 0 Å². The quantitative estimate of drug-likeness (QED) is 0.626. The Hall–Kier alpha value is -1.29. The molecule has 1 rings (SSSR count). The van der Waals surface area contributed by atoms with E-state index in [9.17, 15) is 0 Å². The minimum Gasteiger partial charge on any atom is -0.470 e. The lowest BCUT2D eigenvalue weighted by molar-refractivity contribution is 0.248. The van der Waals surface area contributed by atoms with Crippen LogP contribution in [0.5, 0.6) is 0 Å².